The average Bonchev–Trinajstić information content (AvgIpc) is 2.10. The van der Waals surface area contributed by atoms with E-state index in [-0.39, 0.29) is 0 Å². The van der Waals surface area contributed by atoms with E-state index in [1.54, 1.807) is 0 Å². The second-order valence-electron chi connectivity index (χ2n) is 2.27. The molecule has 0 saturated heterocycles. The minimum atomic E-state index is 0.487. The molecule has 0 aromatic carbocycles. The molecule has 0 aliphatic carbocycles. The van der Waals surface area contributed by atoms with Gasteiger partial charge in [0.25, 0.3) is 0 Å². The first-order valence-electron chi connectivity index (χ1n) is 3.24. The number of nitrogens with zero attached hydrogens (tertiary/aromatic N) is 1. The van der Waals surface area contributed by atoms with Crippen LogP contribution in [0.5, 0.6) is 0 Å². The van der Waals surface area contributed by atoms with Crippen LogP contribution in [0.2, 0.25) is 4.82 Å². The second kappa shape index (κ2) is 2.72. The molecule has 0 fully saturated rings. The van der Waals surface area contributed by atoms with E-state index in [1.807, 2.05) is 0 Å². The van der Waals surface area contributed by atoms with Crippen LogP contribution in [0.25, 0.3) is 0 Å². The average molecular weight is 191 g/mol. The Balaban J connectivity index is 2.53. The van der Waals surface area contributed by atoms with E-state index in [0.717, 1.165) is 16.0 Å². The van der Waals surface area contributed by atoms with Crippen LogP contribution in [-0.4, -0.2) is 25.7 Å². The zero-order valence-electron chi connectivity index (χ0n) is 5.79. The summed E-state index contributed by atoms with van der Waals surface area (Å²) in [6.07, 6.45) is 1.14. The fraction of sp³-hybridized carbons (Fsp3) is 0.833. The fourth-order valence-corrected chi connectivity index (χ4v) is 3.06. The van der Waals surface area contributed by atoms with E-state index < -0.39 is 0 Å². The van der Waals surface area contributed by atoms with Crippen molar-refractivity contribution in [3.05, 3.63) is 0 Å². The van der Waals surface area contributed by atoms with E-state index in [1.165, 1.54) is 0 Å². The Hall–Kier alpha value is -0.0105. The minimum absolute atomic E-state index is 0.487. The van der Waals surface area contributed by atoms with Crippen molar-refractivity contribution < 1.29 is 0 Å². The van der Waals surface area contributed by atoms with Crippen molar-refractivity contribution in [2.24, 2.45) is 10.7 Å². The molecule has 2 N–H and O–H groups in total. The third-order valence-electron chi connectivity index (χ3n) is 1.56. The molecular formula is C6H12N2Se. The van der Waals surface area contributed by atoms with Gasteiger partial charge in [0.05, 0.1) is 0 Å². The molecule has 52 valence electrons. The van der Waals surface area contributed by atoms with Crippen molar-refractivity contribution in [2.75, 3.05) is 0 Å². The predicted octanol–water partition coefficient (Wildman–Crippen LogP) is 0.606. The van der Waals surface area contributed by atoms with Gasteiger partial charge in [-0.25, -0.2) is 0 Å². The van der Waals surface area contributed by atoms with Gasteiger partial charge in [-0.2, -0.15) is 0 Å². The molecule has 0 aromatic heterocycles. The summed E-state index contributed by atoms with van der Waals surface area (Å²) in [5, 5.41) is 0. The van der Waals surface area contributed by atoms with Crippen molar-refractivity contribution in [3.8, 4) is 0 Å². The van der Waals surface area contributed by atoms with Gasteiger partial charge in [0.15, 0.2) is 0 Å². The van der Waals surface area contributed by atoms with Crippen molar-refractivity contribution in [1.29, 1.82) is 0 Å². The molecule has 1 rings (SSSR count). The van der Waals surface area contributed by atoms with Crippen molar-refractivity contribution >= 4 is 19.7 Å². The van der Waals surface area contributed by atoms with Crippen LogP contribution in [0.1, 0.15) is 20.3 Å². The van der Waals surface area contributed by atoms with E-state index in [9.17, 15) is 0 Å². The zero-order valence-corrected chi connectivity index (χ0v) is 7.51. The summed E-state index contributed by atoms with van der Waals surface area (Å²) in [7, 11) is 0. The Morgan fingerprint density at radius 2 is 2.44 bits per heavy atom. The molecule has 1 aliphatic rings. The number of hydrogen-bond acceptors (Lipinski definition) is 2. The SMILES string of the molecule is CC[C@H]1N=C(N)[Se][C@@H]1C. The van der Waals surface area contributed by atoms with Gasteiger partial charge in [-0.05, 0) is 0 Å². The summed E-state index contributed by atoms with van der Waals surface area (Å²) in [4.78, 5) is 5.05. The predicted molar refractivity (Wildman–Crippen MR) is 40.9 cm³/mol. The maximum absolute atomic E-state index is 5.57. The number of rotatable bonds is 1. The van der Waals surface area contributed by atoms with Crippen molar-refractivity contribution in [1.82, 2.24) is 0 Å². The Morgan fingerprint density at radius 3 is 2.67 bits per heavy atom. The monoisotopic (exact) mass is 192 g/mol. The van der Waals surface area contributed by atoms with Crippen molar-refractivity contribution in [2.45, 2.75) is 31.1 Å². The fourth-order valence-electron chi connectivity index (χ4n) is 0.991. The van der Waals surface area contributed by atoms with E-state index in [0.29, 0.717) is 21.0 Å². The topological polar surface area (TPSA) is 38.4 Å². The Labute approximate surface area is 62.1 Å². The molecule has 0 amide bonds. The first kappa shape index (κ1) is 7.10. The van der Waals surface area contributed by atoms with Crippen LogP contribution in [-0.2, 0) is 0 Å². The van der Waals surface area contributed by atoms with Gasteiger partial charge in [-0.3, -0.25) is 0 Å². The third-order valence-corrected chi connectivity index (χ3v) is 3.73. The standard InChI is InChI=1S/C6H12N2Se/c1-3-5-4(2)9-6(7)8-5/h4-5H,3H2,1-2H3,(H2,7,8)/t4-,5-/m1/s1. The molecule has 0 radical (unpaired) electrons. The summed E-state index contributed by atoms with van der Waals surface area (Å²) in [6.45, 7) is 4.40. The van der Waals surface area contributed by atoms with E-state index >= 15 is 0 Å². The number of amidine groups is 1. The normalized spacial score (nSPS) is 34.7. The molecule has 2 atom stereocenters. The molecule has 0 saturated carbocycles. The van der Waals surface area contributed by atoms with Crippen LogP contribution in [0.3, 0.4) is 0 Å². The van der Waals surface area contributed by atoms with Crippen LogP contribution >= 0.6 is 0 Å². The Kier molecular flexibility index (Phi) is 2.14. The van der Waals surface area contributed by atoms with Gasteiger partial charge in [-0.1, -0.05) is 0 Å². The number of hydrogen-bond donors (Lipinski definition) is 1. The first-order valence-corrected chi connectivity index (χ1v) is 5.08. The molecular weight excluding hydrogens is 179 g/mol. The molecule has 1 heterocycles. The quantitative estimate of drug-likeness (QED) is 0.606. The van der Waals surface area contributed by atoms with Crippen LogP contribution in [0, 0.1) is 0 Å². The molecule has 9 heavy (non-hydrogen) atoms. The summed E-state index contributed by atoms with van der Waals surface area (Å²) in [5.41, 5.74) is 5.57. The number of aliphatic imine (C=N–C) groups is 1. The van der Waals surface area contributed by atoms with Crippen molar-refractivity contribution in [3.63, 3.8) is 0 Å². The molecule has 0 unspecified atom stereocenters. The Bertz CT molecular complexity index is 133. The van der Waals surface area contributed by atoms with Crippen LogP contribution in [0.4, 0.5) is 0 Å². The Morgan fingerprint density at radius 1 is 1.78 bits per heavy atom. The summed E-state index contributed by atoms with van der Waals surface area (Å²) >= 11 is 0.487. The van der Waals surface area contributed by atoms with Crippen LogP contribution in [0.15, 0.2) is 4.99 Å². The molecule has 3 heteroatoms. The van der Waals surface area contributed by atoms with Gasteiger partial charge in [0.1, 0.15) is 0 Å². The molecule has 0 aromatic rings. The molecule has 1 aliphatic heterocycles. The summed E-state index contributed by atoms with van der Waals surface area (Å²) in [5.74, 6) is 0. The summed E-state index contributed by atoms with van der Waals surface area (Å²) < 4.78 is 0.904. The van der Waals surface area contributed by atoms with Gasteiger partial charge in [0.2, 0.25) is 0 Å². The van der Waals surface area contributed by atoms with Crippen LogP contribution < -0.4 is 5.73 Å². The summed E-state index contributed by atoms with van der Waals surface area (Å²) in [6, 6.07) is 0.532. The van der Waals surface area contributed by atoms with E-state index in [4.69, 9.17) is 5.73 Å². The van der Waals surface area contributed by atoms with E-state index in [2.05, 4.69) is 18.8 Å². The third kappa shape index (κ3) is 1.46. The molecule has 0 spiro atoms. The molecule has 0 bridgehead atoms. The van der Waals surface area contributed by atoms with Gasteiger partial charge in [-0.15, -0.1) is 0 Å². The number of nitrogens with two attached hydrogens (primary N) is 1. The first-order chi connectivity index (χ1) is 4.24. The zero-order chi connectivity index (χ0) is 6.85. The van der Waals surface area contributed by atoms with Gasteiger partial charge < -0.3 is 0 Å². The van der Waals surface area contributed by atoms with Gasteiger partial charge >= 0.3 is 61.5 Å². The second-order valence-corrected chi connectivity index (χ2v) is 5.20. The van der Waals surface area contributed by atoms with Gasteiger partial charge in [0, 0.05) is 0 Å². The molecule has 2 nitrogen and oxygen atoms in total. The maximum atomic E-state index is 5.57.